The molecule has 1 N–H and O–H groups in total. The van der Waals surface area contributed by atoms with Crippen molar-refractivity contribution in [3.63, 3.8) is 0 Å². The maximum Gasteiger partial charge on any atom is 0.408 e. The van der Waals surface area contributed by atoms with E-state index in [1.807, 2.05) is 6.08 Å². The van der Waals surface area contributed by atoms with Crippen molar-refractivity contribution in [2.75, 3.05) is 6.61 Å². The number of esters is 2. The molecule has 198 valence electrons. The minimum Gasteiger partial charge on any atom is -0.464 e. The third-order valence-corrected chi connectivity index (χ3v) is 5.17. The van der Waals surface area contributed by atoms with E-state index in [4.69, 9.17) is 14.2 Å². The van der Waals surface area contributed by atoms with Gasteiger partial charge in [-0.05, 0) is 39.7 Å². The molecule has 0 aliphatic heterocycles. The van der Waals surface area contributed by atoms with E-state index in [-0.39, 0.29) is 6.61 Å². The molecule has 0 bridgehead atoms. The van der Waals surface area contributed by atoms with Crippen molar-refractivity contribution in [3.8, 4) is 0 Å². The van der Waals surface area contributed by atoms with Crippen LogP contribution in [0, 0.1) is 0 Å². The van der Waals surface area contributed by atoms with Gasteiger partial charge in [0.05, 0.1) is 0 Å². The topological polar surface area (TPSA) is 90.9 Å². The van der Waals surface area contributed by atoms with Gasteiger partial charge in [0, 0.05) is 13.8 Å². The largest absolute Gasteiger partial charge is 0.464 e. The monoisotopic (exact) mass is 483 g/mol. The molecule has 0 aromatic heterocycles. The van der Waals surface area contributed by atoms with E-state index in [1.165, 1.54) is 71.6 Å². The van der Waals surface area contributed by atoms with Gasteiger partial charge >= 0.3 is 18.0 Å². The van der Waals surface area contributed by atoms with E-state index in [9.17, 15) is 14.4 Å². The standard InChI is InChI=1S/C27H49NO6/c1-7-8-9-10-11-12-13-14-15-16-17-18-19-20-25(33-23(3)30)24(21-32-22(2)29)28-26(31)34-27(4,5)6/h19-20,24-25H,7-18,21H2,1-6H3,(H,28,31). The minimum absolute atomic E-state index is 0.130. The second-order valence-corrected chi connectivity index (χ2v) is 9.88. The van der Waals surface area contributed by atoms with E-state index < -0.39 is 35.8 Å². The summed E-state index contributed by atoms with van der Waals surface area (Å²) in [5.41, 5.74) is -0.683. The van der Waals surface area contributed by atoms with Gasteiger partial charge in [0.1, 0.15) is 24.4 Å². The summed E-state index contributed by atoms with van der Waals surface area (Å²) in [6, 6.07) is -0.753. The summed E-state index contributed by atoms with van der Waals surface area (Å²) in [7, 11) is 0. The molecule has 0 saturated heterocycles. The molecule has 2 unspecified atom stereocenters. The Kier molecular flexibility index (Phi) is 18.1. The molecule has 0 aliphatic carbocycles. The fraction of sp³-hybridized carbons (Fsp3) is 0.815. The summed E-state index contributed by atoms with van der Waals surface area (Å²) in [6.07, 6.45) is 17.2. The Balaban J connectivity index is 4.55. The molecule has 0 radical (unpaired) electrons. The van der Waals surface area contributed by atoms with E-state index in [2.05, 4.69) is 12.2 Å². The van der Waals surface area contributed by atoms with Crippen LogP contribution >= 0.6 is 0 Å². The number of amides is 1. The first-order valence-corrected chi connectivity index (χ1v) is 13.0. The van der Waals surface area contributed by atoms with E-state index in [0.29, 0.717) is 0 Å². The van der Waals surface area contributed by atoms with Crippen molar-refractivity contribution in [3.05, 3.63) is 12.2 Å². The lowest BCUT2D eigenvalue weighted by Crippen LogP contribution is -2.49. The average molecular weight is 484 g/mol. The molecule has 7 heteroatoms. The predicted molar refractivity (Wildman–Crippen MR) is 136 cm³/mol. The maximum atomic E-state index is 12.3. The summed E-state index contributed by atoms with van der Waals surface area (Å²) in [5, 5.41) is 2.66. The van der Waals surface area contributed by atoms with Gasteiger partial charge in [-0.1, -0.05) is 77.2 Å². The molecule has 0 saturated carbocycles. The summed E-state index contributed by atoms with van der Waals surface area (Å²) in [5.74, 6) is -0.967. The Morgan fingerprint density at radius 2 is 1.35 bits per heavy atom. The van der Waals surface area contributed by atoms with Crippen LogP contribution in [-0.2, 0) is 23.8 Å². The zero-order valence-electron chi connectivity index (χ0n) is 22.5. The highest BCUT2D eigenvalue weighted by Gasteiger charge is 2.27. The quantitative estimate of drug-likeness (QED) is 0.102. The van der Waals surface area contributed by atoms with Gasteiger partial charge in [-0.2, -0.15) is 0 Å². The van der Waals surface area contributed by atoms with E-state index in [1.54, 1.807) is 26.8 Å². The second kappa shape index (κ2) is 19.3. The molecule has 0 heterocycles. The first-order valence-electron chi connectivity index (χ1n) is 13.0. The van der Waals surface area contributed by atoms with Crippen molar-refractivity contribution in [1.29, 1.82) is 0 Å². The third kappa shape index (κ3) is 20.5. The number of carbonyl (C=O) groups excluding carboxylic acids is 3. The molecule has 0 aliphatic rings. The average Bonchev–Trinajstić information content (AvgIpc) is 2.72. The predicted octanol–water partition coefficient (Wildman–Crippen LogP) is 6.63. The Morgan fingerprint density at radius 3 is 1.82 bits per heavy atom. The summed E-state index contributed by atoms with van der Waals surface area (Å²) in [6.45, 7) is 9.97. The lowest BCUT2D eigenvalue weighted by Gasteiger charge is -2.27. The zero-order chi connectivity index (χ0) is 25.8. The van der Waals surface area contributed by atoms with Crippen LogP contribution in [0.5, 0.6) is 0 Å². The van der Waals surface area contributed by atoms with Gasteiger partial charge in [-0.25, -0.2) is 4.79 Å². The number of rotatable bonds is 18. The lowest BCUT2D eigenvalue weighted by atomic mass is 10.0. The van der Waals surface area contributed by atoms with Crippen LogP contribution in [0.1, 0.15) is 119 Å². The molecule has 1 amide bonds. The maximum absolute atomic E-state index is 12.3. The number of allylic oxidation sites excluding steroid dienone is 1. The number of hydrogen-bond donors (Lipinski definition) is 1. The Hall–Kier alpha value is -2.05. The van der Waals surface area contributed by atoms with Crippen LogP contribution < -0.4 is 5.32 Å². The fourth-order valence-electron chi connectivity index (χ4n) is 3.49. The minimum atomic E-state index is -0.767. The second-order valence-electron chi connectivity index (χ2n) is 9.88. The Bertz CT molecular complexity index is 596. The third-order valence-electron chi connectivity index (χ3n) is 5.17. The first kappa shape index (κ1) is 31.9. The van der Waals surface area contributed by atoms with Gasteiger partial charge in [0.15, 0.2) is 0 Å². The first-order chi connectivity index (χ1) is 16.0. The Labute approximate surface area is 207 Å². The summed E-state index contributed by atoms with van der Waals surface area (Å²) < 4.78 is 15.8. The van der Waals surface area contributed by atoms with Crippen molar-refractivity contribution in [2.24, 2.45) is 0 Å². The number of carbonyl (C=O) groups is 3. The molecule has 34 heavy (non-hydrogen) atoms. The van der Waals surface area contributed by atoms with Gasteiger partial charge in [0.25, 0.3) is 0 Å². The summed E-state index contributed by atoms with van der Waals surface area (Å²) >= 11 is 0. The van der Waals surface area contributed by atoms with Crippen LogP contribution in [0.25, 0.3) is 0 Å². The Morgan fingerprint density at radius 1 is 0.824 bits per heavy atom. The number of alkyl carbamates (subject to hydrolysis) is 1. The normalized spacial score (nSPS) is 13.4. The highest BCUT2D eigenvalue weighted by atomic mass is 16.6. The van der Waals surface area contributed by atoms with Crippen LogP contribution in [0.15, 0.2) is 12.2 Å². The van der Waals surface area contributed by atoms with Crippen LogP contribution in [0.3, 0.4) is 0 Å². The van der Waals surface area contributed by atoms with E-state index >= 15 is 0 Å². The van der Waals surface area contributed by atoms with Crippen molar-refractivity contribution in [2.45, 2.75) is 136 Å². The van der Waals surface area contributed by atoms with Crippen molar-refractivity contribution < 1.29 is 28.6 Å². The molecular weight excluding hydrogens is 434 g/mol. The number of unbranched alkanes of at least 4 members (excludes halogenated alkanes) is 11. The molecule has 7 nitrogen and oxygen atoms in total. The van der Waals surface area contributed by atoms with Gasteiger partial charge in [0.2, 0.25) is 0 Å². The molecule has 0 aromatic carbocycles. The number of hydrogen-bond acceptors (Lipinski definition) is 6. The van der Waals surface area contributed by atoms with Crippen LogP contribution in [0.4, 0.5) is 4.79 Å². The van der Waals surface area contributed by atoms with E-state index in [0.717, 1.165) is 19.3 Å². The molecule has 0 aromatic rings. The van der Waals surface area contributed by atoms with Crippen LogP contribution in [0.2, 0.25) is 0 Å². The van der Waals surface area contributed by atoms with Gasteiger partial charge in [-0.3, -0.25) is 9.59 Å². The molecule has 0 fully saturated rings. The molecule has 2 atom stereocenters. The lowest BCUT2D eigenvalue weighted by molar-refractivity contribution is -0.148. The molecule has 0 spiro atoms. The highest BCUT2D eigenvalue weighted by molar-refractivity contribution is 5.69. The zero-order valence-corrected chi connectivity index (χ0v) is 22.5. The van der Waals surface area contributed by atoms with Gasteiger partial charge in [-0.15, -0.1) is 0 Å². The SMILES string of the molecule is CCCCCCCCCCCCCC=CC(OC(C)=O)C(COC(C)=O)NC(=O)OC(C)(C)C. The number of ether oxygens (including phenoxy) is 3. The number of nitrogens with one attached hydrogen (secondary N) is 1. The van der Waals surface area contributed by atoms with Crippen molar-refractivity contribution in [1.82, 2.24) is 5.32 Å². The molecular formula is C27H49NO6. The summed E-state index contributed by atoms with van der Waals surface area (Å²) in [4.78, 5) is 35.2. The van der Waals surface area contributed by atoms with Gasteiger partial charge < -0.3 is 19.5 Å². The van der Waals surface area contributed by atoms with Crippen LogP contribution in [-0.4, -0.2) is 42.4 Å². The smallest absolute Gasteiger partial charge is 0.408 e. The molecule has 0 rings (SSSR count). The highest BCUT2D eigenvalue weighted by Crippen LogP contribution is 2.13. The van der Waals surface area contributed by atoms with Crippen molar-refractivity contribution >= 4 is 18.0 Å². The fourth-order valence-corrected chi connectivity index (χ4v) is 3.49.